The largest absolute Gasteiger partial charge is 0.351 e. The fourth-order valence-electron chi connectivity index (χ4n) is 2.66. The highest BCUT2D eigenvalue weighted by Crippen LogP contribution is 2.12. The van der Waals surface area contributed by atoms with Crippen molar-refractivity contribution in [2.45, 2.75) is 19.9 Å². The summed E-state index contributed by atoms with van der Waals surface area (Å²) in [6.07, 6.45) is 0.306. The van der Waals surface area contributed by atoms with Crippen LogP contribution >= 0.6 is 0 Å². The molecule has 0 aromatic heterocycles. The molecule has 1 aliphatic rings. The van der Waals surface area contributed by atoms with Gasteiger partial charge in [0.2, 0.25) is 5.91 Å². The number of hydrogen-bond donors (Lipinski definition) is 2. The van der Waals surface area contributed by atoms with Crippen LogP contribution < -0.4 is 11.1 Å². The van der Waals surface area contributed by atoms with Gasteiger partial charge in [-0.2, -0.15) is 0 Å². The van der Waals surface area contributed by atoms with E-state index < -0.39 is 6.03 Å². The van der Waals surface area contributed by atoms with E-state index in [0.717, 1.165) is 32.7 Å². The van der Waals surface area contributed by atoms with Crippen molar-refractivity contribution in [3.05, 3.63) is 35.4 Å². The molecule has 0 aliphatic carbocycles. The van der Waals surface area contributed by atoms with Gasteiger partial charge in [0.15, 0.2) is 0 Å². The summed E-state index contributed by atoms with van der Waals surface area (Å²) in [6.45, 7) is 7.64. The molecular weight excluding hydrogens is 280 g/mol. The molecule has 1 saturated heterocycles. The maximum atomic E-state index is 11.4. The van der Waals surface area contributed by atoms with Crippen LogP contribution in [0.15, 0.2) is 24.3 Å². The van der Waals surface area contributed by atoms with Crippen LogP contribution in [0.4, 0.5) is 4.79 Å². The molecule has 0 atom stereocenters. The maximum Gasteiger partial charge on any atom is 0.318 e. The van der Waals surface area contributed by atoms with E-state index in [4.69, 9.17) is 5.73 Å². The Morgan fingerprint density at radius 3 is 2.41 bits per heavy atom. The molecule has 1 aliphatic heterocycles. The normalized spacial score (nSPS) is 16.4. The zero-order valence-electron chi connectivity index (χ0n) is 13.0. The van der Waals surface area contributed by atoms with Gasteiger partial charge in [-0.05, 0) is 18.1 Å². The standard InChI is InChI=1S/C16H24N4O2/c1-13-4-2-3-5-14(13)12-20-10-8-19(9-11-20)7-6-15(21)18-16(17)22/h2-5H,6-12H2,1H3,(H3,17,18,21,22). The third-order valence-electron chi connectivity index (χ3n) is 4.04. The molecule has 120 valence electrons. The van der Waals surface area contributed by atoms with Gasteiger partial charge in [0, 0.05) is 45.7 Å². The molecular formula is C16H24N4O2. The third kappa shape index (κ3) is 5.13. The van der Waals surface area contributed by atoms with Crippen LogP contribution in [0.25, 0.3) is 0 Å². The van der Waals surface area contributed by atoms with Crippen LogP contribution in [-0.4, -0.2) is 54.5 Å². The predicted molar refractivity (Wildman–Crippen MR) is 85.2 cm³/mol. The Kier molecular flexibility index (Phi) is 5.91. The quantitative estimate of drug-likeness (QED) is 0.839. The number of carbonyl (C=O) groups is 2. The Labute approximate surface area is 131 Å². The molecule has 2 rings (SSSR count). The zero-order valence-corrected chi connectivity index (χ0v) is 13.0. The molecule has 3 N–H and O–H groups in total. The summed E-state index contributed by atoms with van der Waals surface area (Å²) in [5, 5.41) is 2.09. The molecule has 6 heteroatoms. The average Bonchev–Trinajstić information content (AvgIpc) is 2.48. The summed E-state index contributed by atoms with van der Waals surface area (Å²) >= 11 is 0. The Hall–Kier alpha value is -1.92. The van der Waals surface area contributed by atoms with Gasteiger partial charge in [0.25, 0.3) is 0 Å². The smallest absolute Gasteiger partial charge is 0.318 e. The minimum Gasteiger partial charge on any atom is -0.351 e. The number of amides is 3. The van der Waals surface area contributed by atoms with E-state index in [0.29, 0.717) is 13.0 Å². The lowest BCUT2D eigenvalue weighted by molar-refractivity contribution is -0.120. The van der Waals surface area contributed by atoms with Gasteiger partial charge in [-0.1, -0.05) is 24.3 Å². The summed E-state index contributed by atoms with van der Waals surface area (Å²) in [7, 11) is 0. The van der Waals surface area contributed by atoms with Crippen LogP contribution in [0.2, 0.25) is 0 Å². The number of imide groups is 1. The molecule has 0 spiro atoms. The Morgan fingerprint density at radius 2 is 1.77 bits per heavy atom. The number of rotatable bonds is 5. The van der Waals surface area contributed by atoms with Crippen molar-refractivity contribution >= 4 is 11.9 Å². The predicted octanol–water partition coefficient (Wildman–Crippen LogP) is 0.698. The van der Waals surface area contributed by atoms with Crippen LogP contribution in [0.1, 0.15) is 17.5 Å². The van der Waals surface area contributed by atoms with Crippen molar-refractivity contribution in [3.63, 3.8) is 0 Å². The van der Waals surface area contributed by atoms with E-state index >= 15 is 0 Å². The first-order chi connectivity index (χ1) is 10.5. The number of urea groups is 1. The first-order valence-corrected chi connectivity index (χ1v) is 7.63. The summed E-state index contributed by atoms with van der Waals surface area (Å²) in [6, 6.07) is 7.68. The highest BCUT2D eigenvalue weighted by atomic mass is 16.2. The third-order valence-corrected chi connectivity index (χ3v) is 4.04. The highest BCUT2D eigenvalue weighted by molar-refractivity contribution is 5.93. The zero-order chi connectivity index (χ0) is 15.9. The van der Waals surface area contributed by atoms with E-state index in [2.05, 4.69) is 46.3 Å². The van der Waals surface area contributed by atoms with Crippen LogP contribution in [0.5, 0.6) is 0 Å². The maximum absolute atomic E-state index is 11.4. The second-order valence-corrected chi connectivity index (χ2v) is 5.71. The number of nitrogens with one attached hydrogen (secondary N) is 1. The molecule has 0 bridgehead atoms. The molecule has 22 heavy (non-hydrogen) atoms. The number of primary amides is 1. The first kappa shape index (κ1) is 16.5. The second-order valence-electron chi connectivity index (χ2n) is 5.71. The molecule has 0 unspecified atom stereocenters. The number of nitrogens with two attached hydrogens (primary N) is 1. The topological polar surface area (TPSA) is 78.7 Å². The molecule has 1 fully saturated rings. The number of aryl methyl sites for hydroxylation is 1. The van der Waals surface area contributed by atoms with Crippen molar-refractivity contribution in [2.24, 2.45) is 5.73 Å². The molecule has 0 saturated carbocycles. The lowest BCUT2D eigenvalue weighted by atomic mass is 10.1. The summed E-state index contributed by atoms with van der Waals surface area (Å²) in [4.78, 5) is 26.6. The lowest BCUT2D eigenvalue weighted by Gasteiger charge is -2.34. The number of piperazine rings is 1. The first-order valence-electron chi connectivity index (χ1n) is 7.63. The molecule has 1 heterocycles. The fourth-order valence-corrected chi connectivity index (χ4v) is 2.66. The number of hydrogen-bond acceptors (Lipinski definition) is 4. The van der Waals surface area contributed by atoms with Crippen molar-refractivity contribution < 1.29 is 9.59 Å². The minimum absolute atomic E-state index is 0.306. The van der Waals surface area contributed by atoms with Gasteiger partial charge < -0.3 is 10.6 Å². The molecule has 1 aromatic rings. The van der Waals surface area contributed by atoms with Crippen molar-refractivity contribution in [1.29, 1.82) is 0 Å². The van der Waals surface area contributed by atoms with Crippen molar-refractivity contribution in [1.82, 2.24) is 15.1 Å². The number of carbonyl (C=O) groups excluding carboxylic acids is 2. The van der Waals surface area contributed by atoms with Gasteiger partial charge in [-0.15, -0.1) is 0 Å². The van der Waals surface area contributed by atoms with Gasteiger partial charge in [-0.25, -0.2) is 4.79 Å². The van der Waals surface area contributed by atoms with Gasteiger partial charge in [0.05, 0.1) is 0 Å². The second kappa shape index (κ2) is 7.91. The van der Waals surface area contributed by atoms with E-state index in [1.54, 1.807) is 0 Å². The highest BCUT2D eigenvalue weighted by Gasteiger charge is 2.18. The molecule has 0 radical (unpaired) electrons. The average molecular weight is 304 g/mol. The molecule has 6 nitrogen and oxygen atoms in total. The van der Waals surface area contributed by atoms with Gasteiger partial charge in [0.1, 0.15) is 0 Å². The SMILES string of the molecule is Cc1ccccc1CN1CCN(CCC(=O)NC(N)=O)CC1. The Morgan fingerprint density at radius 1 is 1.14 bits per heavy atom. The Balaban J connectivity index is 1.71. The van der Waals surface area contributed by atoms with Gasteiger partial charge in [-0.3, -0.25) is 15.0 Å². The van der Waals surface area contributed by atoms with E-state index in [1.807, 2.05) is 0 Å². The minimum atomic E-state index is -0.784. The molecule has 1 aromatic carbocycles. The Bertz CT molecular complexity index is 525. The summed E-state index contributed by atoms with van der Waals surface area (Å²) in [5.41, 5.74) is 7.61. The lowest BCUT2D eigenvalue weighted by Crippen LogP contribution is -2.47. The fraction of sp³-hybridized carbons (Fsp3) is 0.500. The summed E-state index contributed by atoms with van der Waals surface area (Å²) in [5.74, 6) is -0.310. The monoisotopic (exact) mass is 304 g/mol. The van der Waals surface area contributed by atoms with E-state index in [-0.39, 0.29) is 5.91 Å². The van der Waals surface area contributed by atoms with E-state index in [1.165, 1.54) is 11.1 Å². The molecule has 3 amide bonds. The van der Waals surface area contributed by atoms with Crippen LogP contribution in [0, 0.1) is 6.92 Å². The number of nitrogens with zero attached hydrogens (tertiary/aromatic N) is 2. The van der Waals surface area contributed by atoms with Crippen molar-refractivity contribution in [2.75, 3.05) is 32.7 Å². The van der Waals surface area contributed by atoms with Crippen molar-refractivity contribution in [3.8, 4) is 0 Å². The number of benzene rings is 1. The summed E-state index contributed by atoms with van der Waals surface area (Å²) < 4.78 is 0. The van der Waals surface area contributed by atoms with Gasteiger partial charge >= 0.3 is 6.03 Å². The van der Waals surface area contributed by atoms with Crippen LogP contribution in [0.3, 0.4) is 0 Å². The van der Waals surface area contributed by atoms with E-state index in [9.17, 15) is 9.59 Å². The van der Waals surface area contributed by atoms with Crippen LogP contribution in [-0.2, 0) is 11.3 Å².